The van der Waals surface area contributed by atoms with E-state index in [1.54, 1.807) is 18.9 Å². The number of aromatic amines is 1. The fraction of sp³-hybridized carbons (Fsp3) is 0.208. The number of nitrogen functional groups attached to an aromatic ring is 1. The van der Waals surface area contributed by atoms with Gasteiger partial charge >= 0.3 is 0 Å². The van der Waals surface area contributed by atoms with Crippen LogP contribution in [0.2, 0.25) is 0 Å². The first-order chi connectivity index (χ1) is 17.2. The lowest BCUT2D eigenvalue weighted by Crippen LogP contribution is -2.07. The van der Waals surface area contributed by atoms with E-state index >= 15 is 0 Å². The Morgan fingerprint density at radius 2 is 1.91 bits per heavy atom. The highest BCUT2D eigenvalue weighted by molar-refractivity contribution is 7.98. The Morgan fingerprint density at radius 3 is 2.77 bits per heavy atom. The van der Waals surface area contributed by atoms with Crippen molar-refractivity contribution in [3.05, 3.63) is 60.6 Å². The number of methoxy groups -OCH3 is 1. The molecule has 0 saturated heterocycles. The van der Waals surface area contributed by atoms with E-state index in [4.69, 9.17) is 10.5 Å². The highest BCUT2D eigenvalue weighted by Gasteiger charge is 2.31. The lowest BCUT2D eigenvalue weighted by Gasteiger charge is -2.11. The van der Waals surface area contributed by atoms with Crippen LogP contribution >= 0.6 is 11.8 Å². The molecule has 3 aromatic heterocycles. The maximum Gasteiger partial charge on any atom is 0.232 e. The molecule has 176 valence electrons. The fourth-order valence-corrected chi connectivity index (χ4v) is 4.89. The van der Waals surface area contributed by atoms with Crippen LogP contribution in [0, 0.1) is 0 Å². The second-order valence-electron chi connectivity index (χ2n) is 8.20. The van der Waals surface area contributed by atoms with Crippen LogP contribution in [0.25, 0.3) is 22.3 Å². The monoisotopic (exact) mass is 485 g/mol. The maximum atomic E-state index is 5.98. The summed E-state index contributed by atoms with van der Waals surface area (Å²) in [4.78, 5) is 16.4. The molecular formula is C24H23N9OS. The molecule has 3 heterocycles. The molecule has 35 heavy (non-hydrogen) atoms. The van der Waals surface area contributed by atoms with Gasteiger partial charge in [0.2, 0.25) is 11.9 Å². The zero-order valence-electron chi connectivity index (χ0n) is 19.0. The smallest absolute Gasteiger partial charge is 0.232 e. The minimum Gasteiger partial charge on any atom is -0.495 e. The molecular weight excluding hydrogens is 462 g/mol. The van der Waals surface area contributed by atoms with E-state index in [0.29, 0.717) is 29.3 Å². The van der Waals surface area contributed by atoms with Gasteiger partial charge in [-0.05, 0) is 31.0 Å². The zero-order valence-corrected chi connectivity index (χ0v) is 19.8. The van der Waals surface area contributed by atoms with Crippen LogP contribution in [0.4, 0.5) is 17.6 Å². The standard InChI is InChI=1S/C24H23N9OS/c1-34-19-9-5-4-8-18(19)27-23-29-20(28-22(25)30-23)13-35-24-32-31-21(33(24)14-10-11-14)16-12-26-17-7-3-2-6-15(16)17/h2-9,12,14,26H,10-11,13H2,1H3,(H3,25,27,28,29,30). The summed E-state index contributed by atoms with van der Waals surface area (Å²) >= 11 is 1.54. The van der Waals surface area contributed by atoms with Gasteiger partial charge < -0.3 is 20.8 Å². The van der Waals surface area contributed by atoms with E-state index in [0.717, 1.165) is 46.0 Å². The normalized spacial score (nSPS) is 13.3. The van der Waals surface area contributed by atoms with Crippen LogP contribution < -0.4 is 15.8 Å². The number of hydrogen-bond donors (Lipinski definition) is 3. The summed E-state index contributed by atoms with van der Waals surface area (Å²) in [5.74, 6) is 3.10. The zero-order chi connectivity index (χ0) is 23.8. The summed E-state index contributed by atoms with van der Waals surface area (Å²) in [6.45, 7) is 0. The molecule has 1 fully saturated rings. The van der Waals surface area contributed by atoms with Crippen molar-refractivity contribution in [3.8, 4) is 17.1 Å². The van der Waals surface area contributed by atoms with Crippen LogP contribution in [0.15, 0.2) is 59.9 Å². The number of nitrogens with one attached hydrogen (secondary N) is 2. The Labute approximate surface area is 205 Å². The molecule has 11 heteroatoms. The quantitative estimate of drug-likeness (QED) is 0.270. The molecule has 1 saturated carbocycles. The Hall–Kier alpha value is -4.12. The first-order valence-corrected chi connectivity index (χ1v) is 12.2. The Balaban J connectivity index is 1.26. The molecule has 5 aromatic rings. The number of nitrogens with two attached hydrogens (primary N) is 1. The number of aromatic nitrogens is 7. The number of thioether (sulfide) groups is 1. The van der Waals surface area contributed by atoms with E-state index in [1.165, 1.54) is 0 Å². The average molecular weight is 486 g/mol. The molecule has 2 aromatic carbocycles. The Kier molecular flexibility index (Phi) is 5.45. The van der Waals surface area contributed by atoms with Crippen molar-refractivity contribution < 1.29 is 4.74 Å². The van der Waals surface area contributed by atoms with Crippen LogP contribution in [0.1, 0.15) is 24.7 Å². The molecule has 4 N–H and O–H groups in total. The van der Waals surface area contributed by atoms with E-state index in [9.17, 15) is 0 Å². The van der Waals surface area contributed by atoms with Gasteiger partial charge in [0.25, 0.3) is 0 Å². The third kappa shape index (κ3) is 4.26. The van der Waals surface area contributed by atoms with Gasteiger partial charge in [-0.2, -0.15) is 15.0 Å². The van der Waals surface area contributed by atoms with Gasteiger partial charge in [0, 0.05) is 28.7 Å². The predicted molar refractivity (Wildman–Crippen MR) is 136 cm³/mol. The van der Waals surface area contributed by atoms with Gasteiger partial charge in [0.1, 0.15) is 11.6 Å². The molecule has 0 atom stereocenters. The van der Waals surface area contributed by atoms with E-state index in [2.05, 4.69) is 52.1 Å². The van der Waals surface area contributed by atoms with E-state index in [-0.39, 0.29) is 5.95 Å². The molecule has 1 aliphatic rings. The van der Waals surface area contributed by atoms with Gasteiger partial charge in [-0.3, -0.25) is 4.57 Å². The SMILES string of the molecule is COc1ccccc1Nc1nc(N)nc(CSc2nnc(-c3c[nH]c4ccccc34)n2C2CC2)n1. The molecule has 0 spiro atoms. The Bertz CT molecular complexity index is 1510. The second-order valence-corrected chi connectivity index (χ2v) is 9.15. The van der Waals surface area contributed by atoms with Crippen molar-refractivity contribution >= 4 is 40.2 Å². The van der Waals surface area contributed by atoms with Gasteiger partial charge in [-0.1, -0.05) is 42.1 Å². The summed E-state index contributed by atoms with van der Waals surface area (Å²) in [7, 11) is 1.62. The number of fused-ring (bicyclic) bond motifs is 1. The summed E-state index contributed by atoms with van der Waals surface area (Å²) in [6, 6.07) is 16.2. The first kappa shape index (κ1) is 21.4. The minimum absolute atomic E-state index is 0.149. The van der Waals surface area contributed by atoms with Crippen molar-refractivity contribution in [2.45, 2.75) is 29.8 Å². The Morgan fingerprint density at radius 1 is 1.09 bits per heavy atom. The maximum absolute atomic E-state index is 5.98. The summed E-state index contributed by atoms with van der Waals surface area (Å²) in [5.41, 5.74) is 8.87. The third-order valence-corrected chi connectivity index (χ3v) is 6.73. The van der Waals surface area contributed by atoms with Crippen molar-refractivity contribution in [1.29, 1.82) is 0 Å². The van der Waals surface area contributed by atoms with Crippen LogP contribution in [-0.2, 0) is 5.75 Å². The lowest BCUT2D eigenvalue weighted by molar-refractivity contribution is 0.417. The fourth-order valence-electron chi connectivity index (χ4n) is 4.03. The number of hydrogen-bond acceptors (Lipinski definition) is 9. The minimum atomic E-state index is 0.149. The molecule has 6 rings (SSSR count). The highest BCUT2D eigenvalue weighted by atomic mass is 32.2. The molecule has 1 aliphatic carbocycles. The second kappa shape index (κ2) is 8.91. The molecule has 0 bridgehead atoms. The third-order valence-electron chi connectivity index (χ3n) is 5.79. The number of rotatable bonds is 8. The van der Waals surface area contributed by atoms with Crippen molar-refractivity contribution in [2.24, 2.45) is 0 Å². The summed E-state index contributed by atoms with van der Waals surface area (Å²) in [5, 5.41) is 14.2. The number of benzene rings is 2. The highest BCUT2D eigenvalue weighted by Crippen LogP contribution is 2.42. The van der Waals surface area contributed by atoms with Crippen LogP contribution in [0.5, 0.6) is 5.75 Å². The number of anilines is 3. The molecule has 0 unspecified atom stereocenters. The lowest BCUT2D eigenvalue weighted by atomic mass is 10.1. The largest absolute Gasteiger partial charge is 0.495 e. The molecule has 0 radical (unpaired) electrons. The van der Waals surface area contributed by atoms with Gasteiger partial charge in [-0.25, -0.2) is 0 Å². The predicted octanol–water partition coefficient (Wildman–Crippen LogP) is 4.57. The van der Waals surface area contributed by atoms with Crippen molar-refractivity contribution in [2.75, 3.05) is 18.2 Å². The average Bonchev–Trinajstić information content (AvgIpc) is 3.48. The van der Waals surface area contributed by atoms with Gasteiger partial charge in [0.15, 0.2) is 11.0 Å². The van der Waals surface area contributed by atoms with Crippen LogP contribution in [0.3, 0.4) is 0 Å². The number of para-hydroxylation sites is 3. The molecule has 0 amide bonds. The van der Waals surface area contributed by atoms with Crippen molar-refractivity contribution in [3.63, 3.8) is 0 Å². The summed E-state index contributed by atoms with van der Waals surface area (Å²) < 4.78 is 7.63. The number of ether oxygens (including phenoxy) is 1. The number of nitrogens with zero attached hydrogens (tertiary/aromatic N) is 6. The topological polar surface area (TPSA) is 132 Å². The van der Waals surface area contributed by atoms with E-state index in [1.807, 2.05) is 42.6 Å². The molecule has 0 aliphatic heterocycles. The number of H-pyrrole nitrogens is 1. The van der Waals surface area contributed by atoms with E-state index < -0.39 is 0 Å². The van der Waals surface area contributed by atoms with Crippen molar-refractivity contribution in [1.82, 2.24) is 34.7 Å². The van der Waals surface area contributed by atoms with Gasteiger partial charge in [0.05, 0.1) is 18.6 Å². The summed E-state index contributed by atoms with van der Waals surface area (Å²) in [6.07, 6.45) is 4.24. The van der Waals surface area contributed by atoms with Crippen LogP contribution in [-0.4, -0.2) is 41.8 Å². The van der Waals surface area contributed by atoms with Gasteiger partial charge in [-0.15, -0.1) is 10.2 Å². The first-order valence-electron chi connectivity index (χ1n) is 11.2. The molecule has 10 nitrogen and oxygen atoms in total.